The molecule has 0 aromatic heterocycles. The first-order valence-electron chi connectivity index (χ1n) is 7.14. The Labute approximate surface area is 133 Å². The standard InChI is InChI=1S/C17H17NO5/c1-11(13-7-4-3-5-8-13)12(2)23-15-10-6-9-14(18(21)22)16(15)17(19)20/h3-12H,1-2H3,(H,19,20). The van der Waals surface area contributed by atoms with Gasteiger partial charge in [-0.2, -0.15) is 0 Å². The average Bonchev–Trinajstić information content (AvgIpc) is 2.54. The summed E-state index contributed by atoms with van der Waals surface area (Å²) in [5, 5.41) is 20.3. The molecule has 0 heterocycles. The van der Waals surface area contributed by atoms with E-state index >= 15 is 0 Å². The Bertz CT molecular complexity index is 714. The zero-order valence-corrected chi connectivity index (χ0v) is 12.8. The Balaban J connectivity index is 2.31. The number of carboxylic acids is 1. The highest BCUT2D eigenvalue weighted by atomic mass is 16.6. The largest absolute Gasteiger partial charge is 0.489 e. The predicted molar refractivity (Wildman–Crippen MR) is 85.0 cm³/mol. The third-order valence-corrected chi connectivity index (χ3v) is 3.76. The SMILES string of the molecule is CC(Oc1cccc([N+](=O)[O-])c1C(=O)O)C(C)c1ccccc1. The second kappa shape index (κ2) is 6.91. The molecule has 1 N–H and O–H groups in total. The van der Waals surface area contributed by atoms with Gasteiger partial charge in [-0.05, 0) is 18.6 Å². The number of ether oxygens (including phenoxy) is 1. The van der Waals surface area contributed by atoms with Crippen LogP contribution in [0.5, 0.6) is 5.75 Å². The normalized spacial score (nSPS) is 13.1. The number of rotatable bonds is 6. The molecule has 0 fully saturated rings. The van der Waals surface area contributed by atoms with E-state index in [4.69, 9.17) is 4.74 Å². The maximum absolute atomic E-state index is 11.4. The van der Waals surface area contributed by atoms with E-state index in [0.717, 1.165) is 11.6 Å². The number of hydrogen-bond donors (Lipinski definition) is 1. The van der Waals surface area contributed by atoms with Crippen molar-refractivity contribution < 1.29 is 19.6 Å². The fraction of sp³-hybridized carbons (Fsp3) is 0.235. The maximum atomic E-state index is 11.4. The first-order valence-corrected chi connectivity index (χ1v) is 7.14. The molecule has 2 atom stereocenters. The molecule has 0 saturated heterocycles. The average molecular weight is 315 g/mol. The van der Waals surface area contributed by atoms with Gasteiger partial charge in [0.25, 0.3) is 5.69 Å². The van der Waals surface area contributed by atoms with Gasteiger partial charge in [-0.1, -0.05) is 43.3 Å². The summed E-state index contributed by atoms with van der Waals surface area (Å²) in [6.45, 7) is 3.76. The van der Waals surface area contributed by atoms with Crippen LogP contribution in [0.25, 0.3) is 0 Å². The Hall–Kier alpha value is -2.89. The number of nitro benzene ring substituents is 1. The lowest BCUT2D eigenvalue weighted by molar-refractivity contribution is -0.385. The molecule has 2 rings (SSSR count). The van der Waals surface area contributed by atoms with Crippen LogP contribution in [0.4, 0.5) is 5.69 Å². The van der Waals surface area contributed by atoms with Gasteiger partial charge in [0.2, 0.25) is 0 Å². The molecule has 2 aromatic rings. The second-order valence-electron chi connectivity index (χ2n) is 5.23. The molecule has 2 aromatic carbocycles. The minimum atomic E-state index is -1.38. The maximum Gasteiger partial charge on any atom is 0.346 e. The summed E-state index contributed by atoms with van der Waals surface area (Å²) in [4.78, 5) is 21.7. The molecule has 0 amide bonds. The van der Waals surface area contributed by atoms with Crippen LogP contribution < -0.4 is 4.74 Å². The molecular weight excluding hydrogens is 298 g/mol. The summed E-state index contributed by atoms with van der Waals surface area (Å²) < 4.78 is 5.73. The van der Waals surface area contributed by atoms with Gasteiger partial charge < -0.3 is 9.84 Å². The fourth-order valence-electron chi connectivity index (χ4n) is 2.31. The van der Waals surface area contributed by atoms with Gasteiger partial charge >= 0.3 is 5.97 Å². The molecule has 0 saturated carbocycles. The van der Waals surface area contributed by atoms with Gasteiger partial charge in [-0.3, -0.25) is 10.1 Å². The van der Waals surface area contributed by atoms with Gasteiger partial charge in [-0.25, -0.2) is 4.79 Å². The van der Waals surface area contributed by atoms with E-state index in [1.807, 2.05) is 44.2 Å². The van der Waals surface area contributed by atoms with Crippen molar-refractivity contribution in [3.8, 4) is 5.75 Å². The molecule has 6 nitrogen and oxygen atoms in total. The topological polar surface area (TPSA) is 89.7 Å². The van der Waals surface area contributed by atoms with Crippen LogP contribution in [-0.2, 0) is 0 Å². The summed E-state index contributed by atoms with van der Waals surface area (Å²) in [5.74, 6) is -1.38. The Kier molecular flexibility index (Phi) is 4.95. The van der Waals surface area contributed by atoms with Crippen molar-refractivity contribution in [3.05, 3.63) is 69.8 Å². The highest BCUT2D eigenvalue weighted by Gasteiger charge is 2.26. The minimum absolute atomic E-state index is 0.00183. The number of carboxylic acid groups (broad SMARTS) is 1. The molecular formula is C17H17NO5. The van der Waals surface area contributed by atoms with Crippen LogP contribution in [0.2, 0.25) is 0 Å². The summed E-state index contributed by atoms with van der Waals surface area (Å²) in [6, 6.07) is 13.6. The zero-order valence-electron chi connectivity index (χ0n) is 12.8. The molecule has 0 aliphatic heterocycles. The minimum Gasteiger partial charge on any atom is -0.489 e. The summed E-state index contributed by atoms with van der Waals surface area (Å²) in [6.07, 6.45) is -0.350. The van der Waals surface area contributed by atoms with Crippen LogP contribution in [0.3, 0.4) is 0 Å². The number of aromatic carboxylic acids is 1. The van der Waals surface area contributed by atoms with Crippen molar-refractivity contribution in [3.63, 3.8) is 0 Å². The number of benzene rings is 2. The van der Waals surface area contributed by atoms with Crippen molar-refractivity contribution in [2.75, 3.05) is 0 Å². The van der Waals surface area contributed by atoms with Crippen LogP contribution in [0.1, 0.15) is 35.7 Å². The third kappa shape index (κ3) is 3.66. The Morgan fingerprint density at radius 1 is 1.13 bits per heavy atom. The lowest BCUT2D eigenvalue weighted by Crippen LogP contribution is -2.21. The molecule has 6 heteroatoms. The first kappa shape index (κ1) is 16.5. The number of hydrogen-bond acceptors (Lipinski definition) is 4. The van der Waals surface area contributed by atoms with Gasteiger partial charge in [0.05, 0.1) is 4.92 Å². The quantitative estimate of drug-likeness (QED) is 0.645. The van der Waals surface area contributed by atoms with Crippen molar-refractivity contribution in [2.45, 2.75) is 25.9 Å². The summed E-state index contributed by atoms with van der Waals surface area (Å²) in [5.41, 5.74) is 0.140. The zero-order chi connectivity index (χ0) is 17.0. The molecule has 0 radical (unpaired) electrons. The highest BCUT2D eigenvalue weighted by Crippen LogP contribution is 2.31. The molecule has 0 bridgehead atoms. The first-order chi connectivity index (χ1) is 10.9. The molecule has 0 aliphatic carbocycles. The van der Waals surface area contributed by atoms with E-state index in [9.17, 15) is 20.0 Å². The van der Waals surface area contributed by atoms with Gasteiger partial charge in [0.1, 0.15) is 11.9 Å². The van der Waals surface area contributed by atoms with Gasteiger partial charge in [0.15, 0.2) is 5.56 Å². The summed E-state index contributed by atoms with van der Waals surface area (Å²) in [7, 11) is 0. The molecule has 0 aliphatic rings. The molecule has 0 spiro atoms. The van der Waals surface area contributed by atoms with Gasteiger partial charge in [0, 0.05) is 12.0 Å². The lowest BCUT2D eigenvalue weighted by Gasteiger charge is -2.22. The monoisotopic (exact) mass is 315 g/mol. The predicted octanol–water partition coefficient (Wildman–Crippen LogP) is 3.86. The smallest absolute Gasteiger partial charge is 0.346 e. The Morgan fingerprint density at radius 2 is 1.78 bits per heavy atom. The van der Waals surface area contributed by atoms with E-state index in [-0.39, 0.29) is 17.8 Å². The van der Waals surface area contributed by atoms with E-state index in [0.29, 0.717) is 0 Å². The third-order valence-electron chi connectivity index (χ3n) is 3.76. The number of nitro groups is 1. The highest BCUT2D eigenvalue weighted by molar-refractivity contribution is 5.95. The number of carbonyl (C=O) groups is 1. The van der Waals surface area contributed by atoms with E-state index in [1.165, 1.54) is 12.1 Å². The molecule has 2 unspecified atom stereocenters. The van der Waals surface area contributed by atoms with Crippen molar-refractivity contribution in [2.24, 2.45) is 0 Å². The van der Waals surface area contributed by atoms with E-state index in [1.54, 1.807) is 0 Å². The van der Waals surface area contributed by atoms with Gasteiger partial charge in [-0.15, -0.1) is 0 Å². The van der Waals surface area contributed by atoms with Crippen molar-refractivity contribution in [1.29, 1.82) is 0 Å². The van der Waals surface area contributed by atoms with Crippen LogP contribution in [0, 0.1) is 10.1 Å². The molecule has 120 valence electrons. The summed E-state index contributed by atoms with van der Waals surface area (Å²) >= 11 is 0. The van der Waals surface area contributed by atoms with Crippen LogP contribution >= 0.6 is 0 Å². The van der Waals surface area contributed by atoms with E-state index < -0.39 is 22.1 Å². The Morgan fingerprint density at radius 3 is 2.35 bits per heavy atom. The number of nitrogens with zero attached hydrogens (tertiary/aromatic N) is 1. The fourth-order valence-corrected chi connectivity index (χ4v) is 2.31. The van der Waals surface area contributed by atoms with Crippen molar-refractivity contribution in [1.82, 2.24) is 0 Å². The van der Waals surface area contributed by atoms with Crippen LogP contribution in [-0.4, -0.2) is 22.1 Å². The molecule has 23 heavy (non-hydrogen) atoms. The van der Waals surface area contributed by atoms with Crippen molar-refractivity contribution >= 4 is 11.7 Å². The van der Waals surface area contributed by atoms with Crippen LogP contribution in [0.15, 0.2) is 48.5 Å². The second-order valence-corrected chi connectivity index (χ2v) is 5.23. The lowest BCUT2D eigenvalue weighted by atomic mass is 9.96. The van der Waals surface area contributed by atoms with E-state index in [2.05, 4.69) is 0 Å².